The number of phenolic OH excluding ortho intramolecular Hbond substituents is 1. The van der Waals surface area contributed by atoms with E-state index in [-0.39, 0.29) is 22.5 Å². The number of hydrogen-bond donors (Lipinski definition) is 1. The second-order valence-corrected chi connectivity index (χ2v) is 5.10. The molecule has 0 saturated heterocycles. The van der Waals surface area contributed by atoms with Gasteiger partial charge in [0.1, 0.15) is 17.4 Å². The molecular formula is C16H16FN5O2. The van der Waals surface area contributed by atoms with Crippen LogP contribution in [-0.2, 0) is 0 Å². The van der Waals surface area contributed by atoms with Gasteiger partial charge < -0.3 is 10.0 Å². The summed E-state index contributed by atoms with van der Waals surface area (Å²) in [7, 11) is 0. The van der Waals surface area contributed by atoms with Crippen molar-refractivity contribution in [3.05, 3.63) is 46.8 Å². The normalized spacial score (nSPS) is 11.0. The molecule has 24 heavy (non-hydrogen) atoms. The van der Waals surface area contributed by atoms with Gasteiger partial charge in [-0.1, -0.05) is 0 Å². The lowest BCUT2D eigenvalue weighted by Crippen LogP contribution is -2.26. The first kappa shape index (κ1) is 15.9. The molecule has 0 aliphatic heterocycles. The highest BCUT2D eigenvalue weighted by Crippen LogP contribution is 2.23. The van der Waals surface area contributed by atoms with Crippen LogP contribution in [0.3, 0.4) is 0 Å². The third kappa shape index (κ3) is 2.55. The molecule has 0 radical (unpaired) electrons. The van der Waals surface area contributed by atoms with Gasteiger partial charge in [-0.05, 0) is 32.0 Å². The molecule has 0 unspecified atom stereocenters. The van der Waals surface area contributed by atoms with E-state index in [1.807, 2.05) is 18.7 Å². The number of fused-ring (bicyclic) bond motifs is 1. The van der Waals surface area contributed by atoms with E-state index in [2.05, 4.69) is 15.1 Å². The van der Waals surface area contributed by atoms with Crippen molar-refractivity contribution in [2.24, 2.45) is 0 Å². The summed E-state index contributed by atoms with van der Waals surface area (Å²) in [6, 6.07) is 3.95. The Balaban J connectivity index is 2.21. The number of anilines is 1. The summed E-state index contributed by atoms with van der Waals surface area (Å²) in [6.07, 6.45) is 2.75. The molecule has 124 valence electrons. The molecule has 8 heteroatoms. The van der Waals surface area contributed by atoms with Crippen molar-refractivity contribution in [3.8, 4) is 11.7 Å². The molecule has 7 nitrogen and oxygen atoms in total. The molecule has 0 aliphatic carbocycles. The highest BCUT2D eigenvalue weighted by atomic mass is 19.1. The smallest absolute Gasteiger partial charge is 0.285 e. The molecule has 3 rings (SSSR count). The zero-order chi connectivity index (χ0) is 17.3. The molecular weight excluding hydrogens is 313 g/mol. The van der Waals surface area contributed by atoms with Crippen LogP contribution in [0.1, 0.15) is 13.8 Å². The maximum atomic E-state index is 14.0. The van der Waals surface area contributed by atoms with Crippen LogP contribution in [0, 0.1) is 5.82 Å². The third-order valence-corrected chi connectivity index (χ3v) is 3.79. The van der Waals surface area contributed by atoms with Crippen LogP contribution in [-0.4, -0.2) is 37.9 Å². The summed E-state index contributed by atoms with van der Waals surface area (Å²) in [6.45, 7) is 5.47. The Morgan fingerprint density at radius 3 is 2.71 bits per heavy atom. The predicted molar refractivity (Wildman–Crippen MR) is 88.1 cm³/mol. The zero-order valence-corrected chi connectivity index (χ0v) is 13.3. The van der Waals surface area contributed by atoms with Crippen molar-refractivity contribution in [3.63, 3.8) is 0 Å². The molecule has 0 spiro atoms. The largest absolute Gasteiger partial charge is 0.507 e. The molecule has 1 N–H and O–H groups in total. The van der Waals surface area contributed by atoms with Gasteiger partial charge >= 0.3 is 0 Å². The number of benzene rings is 1. The lowest BCUT2D eigenvalue weighted by atomic mass is 10.2. The molecule has 3 aromatic rings. The second kappa shape index (κ2) is 6.23. The maximum Gasteiger partial charge on any atom is 0.285 e. The Morgan fingerprint density at radius 2 is 2.00 bits per heavy atom. The van der Waals surface area contributed by atoms with Crippen LogP contribution in [0.25, 0.3) is 16.7 Å². The van der Waals surface area contributed by atoms with E-state index in [0.29, 0.717) is 5.82 Å². The lowest BCUT2D eigenvalue weighted by Gasteiger charge is -2.19. The highest BCUT2D eigenvalue weighted by Gasteiger charge is 2.15. The number of aromatic hydroxyl groups is 1. The molecule has 2 heterocycles. The third-order valence-electron chi connectivity index (χ3n) is 3.79. The van der Waals surface area contributed by atoms with Gasteiger partial charge in [-0.15, -0.1) is 0 Å². The van der Waals surface area contributed by atoms with E-state index >= 15 is 0 Å². The van der Waals surface area contributed by atoms with Crippen LogP contribution < -0.4 is 10.5 Å². The second-order valence-electron chi connectivity index (χ2n) is 5.10. The van der Waals surface area contributed by atoms with E-state index in [1.165, 1.54) is 18.5 Å². The quantitative estimate of drug-likeness (QED) is 0.786. The molecule has 2 aromatic heterocycles. The number of aromatic nitrogens is 4. The van der Waals surface area contributed by atoms with Crippen LogP contribution in [0.4, 0.5) is 10.2 Å². The van der Waals surface area contributed by atoms with E-state index in [1.54, 1.807) is 6.07 Å². The summed E-state index contributed by atoms with van der Waals surface area (Å²) in [5.74, 6) is -0.242. The molecule has 0 aliphatic rings. The average molecular weight is 329 g/mol. The zero-order valence-electron chi connectivity index (χ0n) is 13.3. The fourth-order valence-electron chi connectivity index (χ4n) is 2.51. The van der Waals surface area contributed by atoms with Gasteiger partial charge in [0.2, 0.25) is 0 Å². The number of phenols is 1. The van der Waals surface area contributed by atoms with Gasteiger partial charge in [0.15, 0.2) is 0 Å². The molecule has 0 amide bonds. The first-order chi connectivity index (χ1) is 11.6. The SMILES string of the molecule is CCN(CC)c1ccnc(-n2ncc3c(O)ccc(F)c3c2=O)n1. The summed E-state index contributed by atoms with van der Waals surface area (Å²) >= 11 is 0. The standard InChI is InChI=1S/C16H16FN5O2/c1-3-21(4-2)13-7-8-18-16(20-13)22-15(24)14-10(9-19-22)12(23)6-5-11(14)17/h5-9,23H,3-4H2,1-2H3. The Kier molecular flexibility index (Phi) is 4.11. The summed E-state index contributed by atoms with van der Waals surface area (Å²) < 4.78 is 15.0. The van der Waals surface area contributed by atoms with Crippen LogP contribution in [0.15, 0.2) is 35.4 Å². The molecule has 0 atom stereocenters. The Hall–Kier alpha value is -3.03. The maximum absolute atomic E-state index is 14.0. The van der Waals surface area contributed by atoms with Crippen molar-refractivity contribution >= 4 is 16.6 Å². The Morgan fingerprint density at radius 1 is 1.25 bits per heavy atom. The number of hydrogen-bond acceptors (Lipinski definition) is 6. The monoisotopic (exact) mass is 329 g/mol. The van der Waals surface area contributed by atoms with Crippen LogP contribution >= 0.6 is 0 Å². The minimum absolute atomic E-state index is 0.0500. The lowest BCUT2D eigenvalue weighted by molar-refractivity contribution is 0.479. The Labute approximate surface area is 137 Å². The first-order valence-corrected chi connectivity index (χ1v) is 7.54. The van der Waals surface area contributed by atoms with E-state index in [4.69, 9.17) is 0 Å². The first-order valence-electron chi connectivity index (χ1n) is 7.54. The van der Waals surface area contributed by atoms with Crippen molar-refractivity contribution in [2.75, 3.05) is 18.0 Å². The summed E-state index contributed by atoms with van der Waals surface area (Å²) in [5, 5.41) is 13.5. The van der Waals surface area contributed by atoms with Gasteiger partial charge in [0.05, 0.1) is 17.0 Å². The van der Waals surface area contributed by atoms with E-state index in [9.17, 15) is 14.3 Å². The van der Waals surface area contributed by atoms with E-state index in [0.717, 1.165) is 23.8 Å². The predicted octanol–water partition coefficient (Wildman–Crippen LogP) is 1.87. The molecule has 0 saturated carbocycles. The fraction of sp³-hybridized carbons (Fsp3) is 0.250. The van der Waals surface area contributed by atoms with E-state index < -0.39 is 11.4 Å². The van der Waals surface area contributed by atoms with Crippen LogP contribution in [0.2, 0.25) is 0 Å². The van der Waals surface area contributed by atoms with Crippen molar-refractivity contribution < 1.29 is 9.50 Å². The molecule has 0 bridgehead atoms. The topological polar surface area (TPSA) is 84.1 Å². The van der Waals surface area contributed by atoms with Crippen molar-refractivity contribution in [2.45, 2.75) is 13.8 Å². The highest BCUT2D eigenvalue weighted by molar-refractivity contribution is 5.87. The molecule has 0 fully saturated rings. The van der Waals surface area contributed by atoms with Crippen molar-refractivity contribution in [1.82, 2.24) is 19.7 Å². The van der Waals surface area contributed by atoms with Crippen molar-refractivity contribution in [1.29, 1.82) is 0 Å². The average Bonchev–Trinajstić information content (AvgIpc) is 2.59. The summed E-state index contributed by atoms with van der Waals surface area (Å²) in [5.41, 5.74) is -0.724. The number of halogens is 1. The summed E-state index contributed by atoms with van der Waals surface area (Å²) in [4.78, 5) is 23.0. The number of nitrogens with zero attached hydrogens (tertiary/aromatic N) is 5. The molecule has 1 aromatic carbocycles. The van der Waals surface area contributed by atoms with Gasteiger partial charge in [0, 0.05) is 19.3 Å². The minimum Gasteiger partial charge on any atom is -0.507 e. The van der Waals surface area contributed by atoms with Gasteiger partial charge in [0.25, 0.3) is 11.5 Å². The van der Waals surface area contributed by atoms with Gasteiger partial charge in [-0.3, -0.25) is 4.79 Å². The Bertz CT molecular complexity index is 953. The van der Waals surface area contributed by atoms with Crippen LogP contribution in [0.5, 0.6) is 5.75 Å². The van der Waals surface area contributed by atoms with Gasteiger partial charge in [-0.2, -0.15) is 14.8 Å². The fourth-order valence-corrected chi connectivity index (χ4v) is 2.51. The number of rotatable bonds is 4. The van der Waals surface area contributed by atoms with Gasteiger partial charge in [-0.25, -0.2) is 9.37 Å². The minimum atomic E-state index is -0.733.